The third kappa shape index (κ3) is 1.30. The minimum atomic E-state index is 0.693. The van der Waals surface area contributed by atoms with E-state index in [1.165, 1.54) is 24.2 Å². The van der Waals surface area contributed by atoms with Gasteiger partial charge in [-0.05, 0) is 31.9 Å². The first-order valence-corrected chi connectivity index (χ1v) is 5.46. The molecule has 0 atom stereocenters. The number of pyridine rings is 1. The van der Waals surface area contributed by atoms with Crippen molar-refractivity contribution in [2.45, 2.75) is 25.7 Å². The van der Waals surface area contributed by atoms with Gasteiger partial charge in [0.15, 0.2) is 0 Å². The van der Waals surface area contributed by atoms with Crippen LogP contribution in [0.4, 0.5) is 5.69 Å². The Kier molecular flexibility index (Phi) is 1.75. The first-order chi connectivity index (χ1) is 7.29. The number of hydrogen-bond donors (Lipinski definition) is 1. The summed E-state index contributed by atoms with van der Waals surface area (Å²) in [4.78, 5) is 4.66. The van der Waals surface area contributed by atoms with Gasteiger partial charge in [0.25, 0.3) is 0 Å². The van der Waals surface area contributed by atoms with Crippen LogP contribution in [0.15, 0.2) is 18.3 Å². The molecule has 1 aliphatic carbocycles. The summed E-state index contributed by atoms with van der Waals surface area (Å²) in [6.07, 6.45) is 4.73. The van der Waals surface area contributed by atoms with E-state index < -0.39 is 0 Å². The SMILES string of the molecule is CNc1ccc2c(C)nc(C3CC3)n2c1. The lowest BCUT2D eigenvalue weighted by Crippen LogP contribution is -1.95. The monoisotopic (exact) mass is 201 g/mol. The molecule has 1 fully saturated rings. The van der Waals surface area contributed by atoms with Crippen LogP contribution in [0.5, 0.6) is 0 Å². The van der Waals surface area contributed by atoms with Gasteiger partial charge in [-0.2, -0.15) is 0 Å². The molecule has 2 heterocycles. The lowest BCUT2D eigenvalue weighted by Gasteiger charge is -2.03. The maximum atomic E-state index is 4.66. The molecule has 3 nitrogen and oxygen atoms in total. The highest BCUT2D eigenvalue weighted by Gasteiger charge is 2.28. The Balaban J connectivity index is 2.26. The van der Waals surface area contributed by atoms with Crippen molar-refractivity contribution in [1.82, 2.24) is 9.38 Å². The molecule has 0 aliphatic heterocycles. The van der Waals surface area contributed by atoms with Crippen LogP contribution in [0.25, 0.3) is 5.52 Å². The predicted molar refractivity (Wildman–Crippen MR) is 61.5 cm³/mol. The van der Waals surface area contributed by atoms with Crippen molar-refractivity contribution < 1.29 is 0 Å². The average molecular weight is 201 g/mol. The quantitative estimate of drug-likeness (QED) is 0.809. The van der Waals surface area contributed by atoms with E-state index in [4.69, 9.17) is 0 Å². The second kappa shape index (κ2) is 2.99. The summed E-state index contributed by atoms with van der Waals surface area (Å²) in [6, 6.07) is 4.24. The van der Waals surface area contributed by atoms with Crippen LogP contribution in [-0.4, -0.2) is 16.4 Å². The van der Waals surface area contributed by atoms with Gasteiger partial charge in [-0.3, -0.25) is 0 Å². The van der Waals surface area contributed by atoms with Crippen molar-refractivity contribution >= 4 is 11.2 Å². The Hall–Kier alpha value is -1.51. The molecular weight excluding hydrogens is 186 g/mol. The van der Waals surface area contributed by atoms with E-state index in [-0.39, 0.29) is 0 Å². The summed E-state index contributed by atoms with van der Waals surface area (Å²) in [5.41, 5.74) is 3.51. The van der Waals surface area contributed by atoms with Crippen LogP contribution in [0.2, 0.25) is 0 Å². The van der Waals surface area contributed by atoms with Crippen LogP contribution in [0, 0.1) is 6.92 Å². The highest BCUT2D eigenvalue weighted by molar-refractivity contribution is 5.58. The van der Waals surface area contributed by atoms with E-state index >= 15 is 0 Å². The van der Waals surface area contributed by atoms with Gasteiger partial charge >= 0.3 is 0 Å². The smallest absolute Gasteiger partial charge is 0.116 e. The molecule has 3 heteroatoms. The number of anilines is 1. The molecule has 2 aromatic rings. The van der Waals surface area contributed by atoms with E-state index in [0.29, 0.717) is 5.92 Å². The summed E-state index contributed by atoms with van der Waals surface area (Å²) in [5.74, 6) is 1.93. The van der Waals surface area contributed by atoms with Crippen molar-refractivity contribution in [1.29, 1.82) is 0 Å². The third-order valence-corrected chi connectivity index (χ3v) is 3.08. The zero-order valence-corrected chi connectivity index (χ0v) is 9.12. The molecule has 2 aromatic heterocycles. The fourth-order valence-corrected chi connectivity index (χ4v) is 2.05. The number of fused-ring (bicyclic) bond motifs is 1. The minimum absolute atomic E-state index is 0.693. The lowest BCUT2D eigenvalue weighted by molar-refractivity contribution is 0.917. The van der Waals surface area contributed by atoms with Crippen LogP contribution in [0.1, 0.15) is 30.3 Å². The van der Waals surface area contributed by atoms with Gasteiger partial charge in [0, 0.05) is 19.2 Å². The maximum absolute atomic E-state index is 4.66. The van der Waals surface area contributed by atoms with Crippen LogP contribution >= 0.6 is 0 Å². The molecule has 0 spiro atoms. The molecule has 0 saturated heterocycles. The number of nitrogens with one attached hydrogen (secondary N) is 1. The summed E-state index contributed by atoms with van der Waals surface area (Å²) < 4.78 is 2.23. The third-order valence-electron chi connectivity index (χ3n) is 3.08. The molecule has 0 amide bonds. The largest absolute Gasteiger partial charge is 0.387 e. The normalized spacial score (nSPS) is 15.9. The number of hydrogen-bond acceptors (Lipinski definition) is 2. The highest BCUT2D eigenvalue weighted by atomic mass is 15.0. The molecule has 1 saturated carbocycles. The van der Waals surface area contributed by atoms with E-state index in [1.54, 1.807) is 0 Å². The summed E-state index contributed by atoms with van der Waals surface area (Å²) in [6.45, 7) is 2.08. The zero-order valence-electron chi connectivity index (χ0n) is 9.12. The van der Waals surface area contributed by atoms with Gasteiger partial charge in [-0.25, -0.2) is 4.98 Å². The number of imidazole rings is 1. The van der Waals surface area contributed by atoms with Crippen molar-refractivity contribution in [3.8, 4) is 0 Å². The number of nitrogens with zero attached hydrogens (tertiary/aromatic N) is 2. The number of rotatable bonds is 2. The fraction of sp³-hybridized carbons (Fsp3) is 0.417. The molecule has 1 N–H and O–H groups in total. The van der Waals surface area contributed by atoms with E-state index in [1.807, 2.05) is 7.05 Å². The second-order valence-electron chi connectivity index (χ2n) is 4.25. The average Bonchev–Trinajstić information content (AvgIpc) is 3.04. The van der Waals surface area contributed by atoms with E-state index in [0.717, 1.165) is 11.4 Å². The fourth-order valence-electron chi connectivity index (χ4n) is 2.05. The molecule has 0 radical (unpaired) electrons. The highest BCUT2D eigenvalue weighted by Crippen LogP contribution is 2.40. The van der Waals surface area contributed by atoms with Crippen LogP contribution < -0.4 is 5.32 Å². The van der Waals surface area contributed by atoms with Crippen LogP contribution in [0.3, 0.4) is 0 Å². The van der Waals surface area contributed by atoms with Crippen molar-refractivity contribution in [2.24, 2.45) is 0 Å². The second-order valence-corrected chi connectivity index (χ2v) is 4.25. The number of aromatic nitrogens is 2. The van der Waals surface area contributed by atoms with E-state index in [2.05, 4.69) is 40.0 Å². The molecule has 3 rings (SSSR count). The number of aryl methyl sites for hydroxylation is 1. The Bertz CT molecular complexity index is 509. The minimum Gasteiger partial charge on any atom is -0.387 e. The topological polar surface area (TPSA) is 29.3 Å². The zero-order chi connectivity index (χ0) is 10.4. The molecule has 15 heavy (non-hydrogen) atoms. The summed E-state index contributed by atoms with van der Waals surface area (Å²) in [7, 11) is 1.95. The van der Waals surface area contributed by atoms with Crippen molar-refractivity contribution in [3.05, 3.63) is 29.8 Å². The van der Waals surface area contributed by atoms with Gasteiger partial charge in [0.1, 0.15) is 5.82 Å². The Morgan fingerprint density at radius 3 is 2.87 bits per heavy atom. The Morgan fingerprint density at radius 1 is 1.40 bits per heavy atom. The van der Waals surface area contributed by atoms with Gasteiger partial charge < -0.3 is 9.72 Å². The first kappa shape index (κ1) is 8.77. The summed E-state index contributed by atoms with van der Waals surface area (Å²) in [5, 5.41) is 3.17. The van der Waals surface area contributed by atoms with Crippen molar-refractivity contribution in [3.63, 3.8) is 0 Å². The van der Waals surface area contributed by atoms with Gasteiger partial charge in [-0.1, -0.05) is 0 Å². The lowest BCUT2D eigenvalue weighted by atomic mass is 10.3. The molecule has 0 unspecified atom stereocenters. The molecular formula is C12H15N3. The molecule has 0 aromatic carbocycles. The first-order valence-electron chi connectivity index (χ1n) is 5.46. The summed E-state index contributed by atoms with van der Waals surface area (Å²) >= 11 is 0. The predicted octanol–water partition coefficient (Wildman–Crippen LogP) is 2.56. The van der Waals surface area contributed by atoms with Gasteiger partial charge in [0.05, 0.1) is 16.9 Å². The van der Waals surface area contributed by atoms with Gasteiger partial charge in [0.2, 0.25) is 0 Å². The van der Waals surface area contributed by atoms with E-state index in [9.17, 15) is 0 Å². The maximum Gasteiger partial charge on any atom is 0.116 e. The Labute approximate surface area is 89.1 Å². The molecule has 0 bridgehead atoms. The molecule has 1 aliphatic rings. The Morgan fingerprint density at radius 2 is 2.20 bits per heavy atom. The van der Waals surface area contributed by atoms with Crippen molar-refractivity contribution in [2.75, 3.05) is 12.4 Å². The standard InChI is InChI=1S/C12H15N3/c1-8-11-6-5-10(13-2)7-15(11)12(14-8)9-3-4-9/h5-7,9,13H,3-4H2,1-2H3. The van der Waals surface area contributed by atoms with Crippen LogP contribution in [-0.2, 0) is 0 Å². The molecule has 78 valence electrons. The van der Waals surface area contributed by atoms with Gasteiger partial charge in [-0.15, -0.1) is 0 Å².